The van der Waals surface area contributed by atoms with Crippen LogP contribution in [0.15, 0.2) is 23.1 Å². The Kier molecular flexibility index (Phi) is 7.73. The van der Waals surface area contributed by atoms with Gasteiger partial charge in [-0.25, -0.2) is 13.1 Å². The third-order valence-electron chi connectivity index (χ3n) is 3.43. The summed E-state index contributed by atoms with van der Waals surface area (Å²) in [4.78, 5) is 9.76. The van der Waals surface area contributed by atoms with Gasteiger partial charge in [0.15, 0.2) is 4.90 Å². The van der Waals surface area contributed by atoms with Crippen molar-refractivity contribution in [1.29, 1.82) is 0 Å². The molecule has 0 saturated heterocycles. The summed E-state index contributed by atoms with van der Waals surface area (Å²) in [7, 11) is -4.04. The van der Waals surface area contributed by atoms with Gasteiger partial charge in [-0.05, 0) is 25.0 Å². The van der Waals surface area contributed by atoms with Gasteiger partial charge in [-0.1, -0.05) is 25.4 Å². The number of nitrogens with zero attached hydrogens (tertiary/aromatic N) is 1. The minimum absolute atomic E-state index is 0. The SMILES string of the molecule is CCC(N)(CC)CNS(=O)(=O)c1ccc(Cl)cc1[N+](=O)[O-].Cl. The van der Waals surface area contributed by atoms with Gasteiger partial charge in [-0.2, -0.15) is 0 Å². The van der Waals surface area contributed by atoms with Crippen molar-refractivity contribution in [3.8, 4) is 0 Å². The van der Waals surface area contributed by atoms with E-state index in [9.17, 15) is 18.5 Å². The second kappa shape index (κ2) is 8.07. The van der Waals surface area contributed by atoms with Gasteiger partial charge in [0.05, 0.1) is 4.92 Å². The van der Waals surface area contributed by atoms with E-state index in [0.29, 0.717) is 12.8 Å². The highest BCUT2D eigenvalue weighted by atomic mass is 35.5. The number of nitro groups is 1. The molecule has 1 aromatic carbocycles. The number of sulfonamides is 1. The molecule has 0 bridgehead atoms. The summed E-state index contributed by atoms with van der Waals surface area (Å²) < 4.78 is 26.8. The molecule has 0 fully saturated rings. The molecule has 22 heavy (non-hydrogen) atoms. The predicted molar refractivity (Wildman–Crippen MR) is 88.0 cm³/mol. The molecule has 7 nitrogen and oxygen atoms in total. The molecule has 0 saturated carbocycles. The highest BCUT2D eigenvalue weighted by Gasteiger charge is 2.29. The zero-order valence-electron chi connectivity index (χ0n) is 12.2. The maximum absolute atomic E-state index is 12.2. The maximum Gasteiger partial charge on any atom is 0.290 e. The summed E-state index contributed by atoms with van der Waals surface area (Å²) in [6, 6.07) is 3.41. The number of nitrogens with one attached hydrogen (secondary N) is 1. The third kappa shape index (κ3) is 5.06. The second-order valence-electron chi connectivity index (χ2n) is 4.76. The highest BCUT2D eigenvalue weighted by molar-refractivity contribution is 7.89. The van der Waals surface area contributed by atoms with E-state index in [1.54, 1.807) is 0 Å². The topological polar surface area (TPSA) is 115 Å². The molecule has 0 aromatic heterocycles. The Labute approximate surface area is 140 Å². The van der Waals surface area contributed by atoms with Crippen molar-refractivity contribution < 1.29 is 13.3 Å². The minimum atomic E-state index is -4.04. The molecule has 0 aliphatic heterocycles. The summed E-state index contributed by atoms with van der Waals surface area (Å²) in [6.45, 7) is 3.70. The molecule has 0 radical (unpaired) electrons. The molecule has 0 heterocycles. The lowest BCUT2D eigenvalue weighted by Gasteiger charge is -2.26. The first kappa shape index (κ1) is 21.1. The Morgan fingerprint density at radius 3 is 2.36 bits per heavy atom. The van der Waals surface area contributed by atoms with Crippen LogP contribution in [0.3, 0.4) is 0 Å². The van der Waals surface area contributed by atoms with Gasteiger partial charge in [0.1, 0.15) is 0 Å². The van der Waals surface area contributed by atoms with Crippen LogP contribution in [-0.2, 0) is 10.0 Å². The molecule has 10 heteroatoms. The van der Waals surface area contributed by atoms with E-state index in [4.69, 9.17) is 17.3 Å². The third-order valence-corrected chi connectivity index (χ3v) is 5.11. The number of nitro benzene ring substituents is 1. The molecule has 126 valence electrons. The van der Waals surface area contributed by atoms with E-state index < -0.39 is 31.1 Å². The summed E-state index contributed by atoms with van der Waals surface area (Å²) in [5.41, 5.74) is 4.77. The van der Waals surface area contributed by atoms with Gasteiger partial charge < -0.3 is 5.73 Å². The Hall–Kier alpha value is -0.930. The lowest BCUT2D eigenvalue weighted by atomic mass is 9.95. The fraction of sp³-hybridized carbons (Fsp3) is 0.500. The fourth-order valence-corrected chi connectivity index (χ4v) is 3.13. The van der Waals surface area contributed by atoms with Crippen LogP contribution in [0, 0.1) is 10.1 Å². The number of benzene rings is 1. The van der Waals surface area contributed by atoms with Crippen molar-refractivity contribution >= 4 is 39.7 Å². The highest BCUT2D eigenvalue weighted by Crippen LogP contribution is 2.27. The predicted octanol–water partition coefficient (Wildman–Crippen LogP) is 2.47. The van der Waals surface area contributed by atoms with E-state index in [1.165, 1.54) is 6.07 Å². The van der Waals surface area contributed by atoms with E-state index >= 15 is 0 Å². The minimum Gasteiger partial charge on any atom is -0.324 e. The molecule has 0 spiro atoms. The van der Waals surface area contributed by atoms with Crippen molar-refractivity contribution in [2.24, 2.45) is 5.73 Å². The van der Waals surface area contributed by atoms with Gasteiger partial charge in [-0.3, -0.25) is 10.1 Å². The lowest BCUT2D eigenvalue weighted by molar-refractivity contribution is -0.387. The zero-order chi connectivity index (χ0) is 16.3. The summed E-state index contributed by atoms with van der Waals surface area (Å²) in [5.74, 6) is 0. The van der Waals surface area contributed by atoms with Crippen molar-refractivity contribution in [2.75, 3.05) is 6.54 Å². The summed E-state index contributed by atoms with van der Waals surface area (Å²) in [6.07, 6.45) is 1.16. The van der Waals surface area contributed by atoms with Crippen LogP contribution in [0.25, 0.3) is 0 Å². The molecule has 0 aliphatic carbocycles. The molecule has 0 aliphatic rings. The Bertz CT molecular complexity index is 633. The van der Waals surface area contributed by atoms with Gasteiger partial charge in [0.25, 0.3) is 5.69 Å². The quantitative estimate of drug-likeness (QED) is 0.564. The van der Waals surface area contributed by atoms with E-state index in [0.717, 1.165) is 12.1 Å². The first-order valence-corrected chi connectivity index (χ1v) is 8.24. The zero-order valence-corrected chi connectivity index (χ0v) is 14.6. The van der Waals surface area contributed by atoms with Crippen molar-refractivity contribution in [2.45, 2.75) is 37.1 Å². The average Bonchev–Trinajstić information content (AvgIpc) is 2.44. The molecule has 0 amide bonds. The molecule has 1 rings (SSSR count). The average molecular weight is 372 g/mol. The van der Waals surface area contributed by atoms with Crippen LogP contribution < -0.4 is 10.5 Å². The van der Waals surface area contributed by atoms with E-state index in [-0.39, 0.29) is 24.0 Å². The number of nitrogens with two attached hydrogens (primary N) is 1. The molecular formula is C12H19Cl2N3O4S. The Balaban J connectivity index is 0.00000441. The second-order valence-corrected chi connectivity index (χ2v) is 6.93. The van der Waals surface area contributed by atoms with Gasteiger partial charge in [-0.15, -0.1) is 12.4 Å². The van der Waals surface area contributed by atoms with Gasteiger partial charge in [0, 0.05) is 23.2 Å². The first-order valence-electron chi connectivity index (χ1n) is 6.37. The van der Waals surface area contributed by atoms with E-state index in [2.05, 4.69) is 4.72 Å². The van der Waals surface area contributed by atoms with Gasteiger partial charge in [0.2, 0.25) is 10.0 Å². The smallest absolute Gasteiger partial charge is 0.290 e. The van der Waals surface area contributed by atoms with Crippen LogP contribution in [0.2, 0.25) is 5.02 Å². The fourth-order valence-electron chi connectivity index (χ4n) is 1.68. The van der Waals surface area contributed by atoms with Crippen LogP contribution >= 0.6 is 24.0 Å². The number of hydrogen-bond donors (Lipinski definition) is 2. The Morgan fingerprint density at radius 1 is 1.36 bits per heavy atom. The standard InChI is InChI=1S/C12H18ClN3O4S.ClH/c1-3-12(14,4-2)8-15-21(19,20)11-6-5-9(13)7-10(11)16(17)18;/h5-7,15H,3-4,8,14H2,1-2H3;1H. The van der Waals surface area contributed by atoms with Crippen LogP contribution in [-0.4, -0.2) is 25.4 Å². The number of halogens is 2. The largest absolute Gasteiger partial charge is 0.324 e. The van der Waals surface area contributed by atoms with Gasteiger partial charge >= 0.3 is 0 Å². The van der Waals surface area contributed by atoms with Crippen LogP contribution in [0.1, 0.15) is 26.7 Å². The summed E-state index contributed by atoms with van der Waals surface area (Å²) >= 11 is 5.67. The van der Waals surface area contributed by atoms with Crippen LogP contribution in [0.4, 0.5) is 5.69 Å². The van der Waals surface area contributed by atoms with Crippen LogP contribution in [0.5, 0.6) is 0 Å². The normalized spacial score (nSPS) is 11.8. The number of hydrogen-bond acceptors (Lipinski definition) is 5. The molecule has 3 N–H and O–H groups in total. The Morgan fingerprint density at radius 2 is 1.91 bits per heavy atom. The van der Waals surface area contributed by atoms with E-state index in [1.807, 2.05) is 13.8 Å². The van der Waals surface area contributed by atoms with Crippen molar-refractivity contribution in [3.05, 3.63) is 33.3 Å². The monoisotopic (exact) mass is 371 g/mol. The number of rotatable bonds is 7. The first-order chi connectivity index (χ1) is 9.65. The summed E-state index contributed by atoms with van der Waals surface area (Å²) in [5, 5.41) is 11.1. The van der Waals surface area contributed by atoms with Crippen molar-refractivity contribution in [1.82, 2.24) is 4.72 Å². The van der Waals surface area contributed by atoms with Crippen molar-refractivity contribution in [3.63, 3.8) is 0 Å². The molecule has 0 atom stereocenters. The maximum atomic E-state index is 12.2. The molecule has 1 aromatic rings. The lowest BCUT2D eigenvalue weighted by Crippen LogP contribution is -2.49. The molecular weight excluding hydrogens is 353 g/mol. The molecule has 0 unspecified atom stereocenters.